The highest BCUT2D eigenvalue weighted by molar-refractivity contribution is 5.66. The lowest BCUT2D eigenvalue weighted by Crippen LogP contribution is -1.94. The summed E-state index contributed by atoms with van der Waals surface area (Å²) in [6.45, 7) is 0. The van der Waals surface area contributed by atoms with Crippen molar-refractivity contribution in [1.82, 2.24) is 9.97 Å². The van der Waals surface area contributed by atoms with Gasteiger partial charge < -0.3 is 5.73 Å². The fourth-order valence-corrected chi connectivity index (χ4v) is 1.44. The van der Waals surface area contributed by atoms with Crippen molar-refractivity contribution in [2.24, 2.45) is 0 Å². The fraction of sp³-hybridized carbons (Fsp3) is 0.333. The van der Waals surface area contributed by atoms with Gasteiger partial charge in [0.2, 0.25) is 5.95 Å². The molecule has 3 heteroatoms. The molecule has 0 spiro atoms. The number of aromatic nitrogens is 2. The number of hydrogen-bond acceptors (Lipinski definition) is 3. The van der Waals surface area contributed by atoms with Crippen LogP contribution >= 0.6 is 0 Å². The molecule has 1 aliphatic carbocycles. The smallest absolute Gasteiger partial charge is 0.219 e. The SMILES string of the molecule is Nc1ncc(C2=CCCC2)cn1. The van der Waals surface area contributed by atoms with Crippen molar-refractivity contribution in [2.75, 3.05) is 5.73 Å². The number of rotatable bonds is 1. The lowest BCUT2D eigenvalue weighted by Gasteiger charge is -1.99. The Labute approximate surface area is 71.3 Å². The van der Waals surface area contributed by atoms with Crippen LogP contribution in [0.2, 0.25) is 0 Å². The van der Waals surface area contributed by atoms with E-state index >= 15 is 0 Å². The van der Waals surface area contributed by atoms with E-state index in [9.17, 15) is 0 Å². The molecule has 0 aliphatic heterocycles. The monoisotopic (exact) mass is 161 g/mol. The second kappa shape index (κ2) is 2.93. The van der Waals surface area contributed by atoms with Crippen molar-refractivity contribution in [3.8, 4) is 0 Å². The van der Waals surface area contributed by atoms with Gasteiger partial charge in [-0.1, -0.05) is 6.08 Å². The van der Waals surface area contributed by atoms with Crippen LogP contribution in [0.5, 0.6) is 0 Å². The van der Waals surface area contributed by atoms with Crippen LogP contribution in [0.3, 0.4) is 0 Å². The molecule has 0 aromatic carbocycles. The Bertz CT molecular complexity index is 300. The van der Waals surface area contributed by atoms with E-state index in [1.807, 2.05) is 0 Å². The van der Waals surface area contributed by atoms with E-state index in [2.05, 4.69) is 16.0 Å². The highest BCUT2D eigenvalue weighted by Gasteiger charge is 2.06. The minimum absolute atomic E-state index is 0.345. The zero-order valence-electron chi connectivity index (χ0n) is 6.83. The molecule has 62 valence electrons. The maximum Gasteiger partial charge on any atom is 0.219 e. The number of nitrogens with two attached hydrogens (primary N) is 1. The predicted octanol–water partition coefficient (Wildman–Crippen LogP) is 1.63. The average molecular weight is 161 g/mol. The third-order valence-corrected chi connectivity index (χ3v) is 2.08. The van der Waals surface area contributed by atoms with Gasteiger partial charge in [0.15, 0.2) is 0 Å². The standard InChI is InChI=1S/C9H11N3/c10-9-11-5-8(6-12-9)7-3-1-2-4-7/h3,5-6H,1-2,4H2,(H2,10,11,12). The molecule has 1 aromatic rings. The Hall–Kier alpha value is -1.38. The molecule has 2 N–H and O–H groups in total. The number of nitrogens with zero attached hydrogens (tertiary/aromatic N) is 2. The summed E-state index contributed by atoms with van der Waals surface area (Å²) < 4.78 is 0. The van der Waals surface area contributed by atoms with Crippen LogP contribution in [0.15, 0.2) is 18.5 Å². The largest absolute Gasteiger partial charge is 0.368 e. The molecule has 0 radical (unpaired) electrons. The van der Waals surface area contributed by atoms with Crippen molar-refractivity contribution >= 4 is 11.5 Å². The quantitative estimate of drug-likeness (QED) is 0.681. The topological polar surface area (TPSA) is 51.8 Å². The van der Waals surface area contributed by atoms with Crippen LogP contribution in [-0.4, -0.2) is 9.97 Å². The molecule has 3 nitrogen and oxygen atoms in total. The molecule has 2 rings (SSSR count). The van der Waals surface area contributed by atoms with Gasteiger partial charge in [0.25, 0.3) is 0 Å². The second-order valence-electron chi connectivity index (χ2n) is 2.95. The average Bonchev–Trinajstić information content (AvgIpc) is 2.58. The Balaban J connectivity index is 2.28. The Morgan fingerprint density at radius 2 is 2.00 bits per heavy atom. The van der Waals surface area contributed by atoms with Crippen molar-refractivity contribution in [3.63, 3.8) is 0 Å². The number of anilines is 1. The van der Waals surface area contributed by atoms with E-state index in [0.717, 1.165) is 12.0 Å². The molecule has 12 heavy (non-hydrogen) atoms. The van der Waals surface area contributed by atoms with Crippen molar-refractivity contribution in [1.29, 1.82) is 0 Å². The zero-order chi connectivity index (χ0) is 8.39. The number of hydrogen-bond donors (Lipinski definition) is 1. The van der Waals surface area contributed by atoms with Crippen LogP contribution in [0, 0.1) is 0 Å². The molecule has 0 saturated heterocycles. The van der Waals surface area contributed by atoms with E-state index in [1.54, 1.807) is 12.4 Å². The van der Waals surface area contributed by atoms with E-state index in [0.29, 0.717) is 5.95 Å². The van der Waals surface area contributed by atoms with Gasteiger partial charge in [-0.3, -0.25) is 0 Å². The zero-order valence-corrected chi connectivity index (χ0v) is 6.83. The summed E-state index contributed by atoms with van der Waals surface area (Å²) in [7, 11) is 0. The van der Waals surface area contributed by atoms with E-state index < -0.39 is 0 Å². The minimum atomic E-state index is 0.345. The van der Waals surface area contributed by atoms with Crippen LogP contribution in [0.25, 0.3) is 5.57 Å². The van der Waals surface area contributed by atoms with Crippen LogP contribution in [0.4, 0.5) is 5.95 Å². The van der Waals surface area contributed by atoms with Gasteiger partial charge in [-0.05, 0) is 24.8 Å². The first-order chi connectivity index (χ1) is 5.86. The summed E-state index contributed by atoms with van der Waals surface area (Å²) in [6, 6.07) is 0. The maximum atomic E-state index is 5.38. The van der Waals surface area contributed by atoms with E-state index in [1.165, 1.54) is 18.4 Å². The predicted molar refractivity (Wildman–Crippen MR) is 48.3 cm³/mol. The van der Waals surface area contributed by atoms with Gasteiger partial charge in [-0.15, -0.1) is 0 Å². The van der Waals surface area contributed by atoms with Gasteiger partial charge in [-0.25, -0.2) is 9.97 Å². The molecule has 0 amide bonds. The van der Waals surface area contributed by atoms with Gasteiger partial charge in [0.05, 0.1) is 0 Å². The molecule has 0 atom stereocenters. The van der Waals surface area contributed by atoms with Crippen molar-refractivity contribution < 1.29 is 0 Å². The lowest BCUT2D eigenvalue weighted by molar-refractivity contribution is 0.934. The number of allylic oxidation sites excluding steroid dienone is 2. The summed E-state index contributed by atoms with van der Waals surface area (Å²) in [5.41, 5.74) is 7.85. The molecule has 0 bridgehead atoms. The Morgan fingerprint density at radius 1 is 1.25 bits per heavy atom. The van der Waals surface area contributed by atoms with Crippen LogP contribution < -0.4 is 5.73 Å². The number of nitrogen functional groups attached to an aromatic ring is 1. The normalized spacial score (nSPS) is 16.2. The van der Waals surface area contributed by atoms with Gasteiger partial charge in [0, 0.05) is 18.0 Å². The summed E-state index contributed by atoms with van der Waals surface area (Å²) >= 11 is 0. The minimum Gasteiger partial charge on any atom is -0.368 e. The first-order valence-electron chi connectivity index (χ1n) is 4.13. The third-order valence-electron chi connectivity index (χ3n) is 2.08. The summed E-state index contributed by atoms with van der Waals surface area (Å²) in [4.78, 5) is 7.90. The summed E-state index contributed by atoms with van der Waals surface area (Å²) in [5, 5.41) is 0. The molecule has 0 fully saturated rings. The van der Waals surface area contributed by atoms with Gasteiger partial charge >= 0.3 is 0 Å². The van der Waals surface area contributed by atoms with E-state index in [4.69, 9.17) is 5.73 Å². The molecule has 0 unspecified atom stereocenters. The Morgan fingerprint density at radius 3 is 2.58 bits per heavy atom. The molecular formula is C9H11N3. The molecular weight excluding hydrogens is 150 g/mol. The molecule has 1 aromatic heterocycles. The molecule has 1 aliphatic rings. The summed E-state index contributed by atoms with van der Waals surface area (Å²) in [5.74, 6) is 0.345. The fourth-order valence-electron chi connectivity index (χ4n) is 1.44. The maximum absolute atomic E-state index is 5.38. The van der Waals surface area contributed by atoms with Crippen LogP contribution in [0.1, 0.15) is 24.8 Å². The Kier molecular flexibility index (Phi) is 1.78. The summed E-state index contributed by atoms with van der Waals surface area (Å²) in [6.07, 6.45) is 9.40. The molecule has 0 saturated carbocycles. The third kappa shape index (κ3) is 1.30. The molecule has 1 heterocycles. The van der Waals surface area contributed by atoms with Crippen molar-refractivity contribution in [2.45, 2.75) is 19.3 Å². The second-order valence-corrected chi connectivity index (χ2v) is 2.95. The van der Waals surface area contributed by atoms with E-state index in [-0.39, 0.29) is 0 Å². The highest BCUT2D eigenvalue weighted by atomic mass is 15.0. The highest BCUT2D eigenvalue weighted by Crippen LogP contribution is 2.26. The van der Waals surface area contributed by atoms with Crippen LogP contribution in [-0.2, 0) is 0 Å². The van der Waals surface area contributed by atoms with Crippen molar-refractivity contribution in [3.05, 3.63) is 24.0 Å². The van der Waals surface area contributed by atoms with Gasteiger partial charge in [-0.2, -0.15) is 0 Å². The lowest BCUT2D eigenvalue weighted by atomic mass is 10.1. The first kappa shape index (κ1) is 7.28. The first-order valence-corrected chi connectivity index (χ1v) is 4.13. The van der Waals surface area contributed by atoms with Gasteiger partial charge in [0.1, 0.15) is 0 Å².